The molecule has 4 heteroatoms. The molecule has 0 saturated heterocycles. The van der Waals surface area contributed by atoms with Crippen molar-refractivity contribution in [3.8, 4) is 0 Å². The van der Waals surface area contributed by atoms with Crippen LogP contribution in [0.4, 0.5) is 0 Å². The van der Waals surface area contributed by atoms with E-state index >= 15 is 0 Å². The Morgan fingerprint density at radius 3 is 1.67 bits per heavy atom. The van der Waals surface area contributed by atoms with Gasteiger partial charge in [0.2, 0.25) is 0 Å². The highest BCUT2D eigenvalue weighted by molar-refractivity contribution is 8.18. The molecule has 0 heterocycles. The minimum atomic E-state index is -2.29. The van der Waals surface area contributed by atoms with Gasteiger partial charge in [-0.1, -0.05) is 13.8 Å². The smallest absolute Gasteiger partial charge is 0.130 e. The lowest BCUT2D eigenvalue weighted by Crippen LogP contribution is -1.54. The van der Waals surface area contributed by atoms with Crippen LogP contribution in [-0.2, 0) is 20.8 Å². The molecule has 0 aliphatic carbocycles. The molecule has 6 heavy (non-hydrogen) atoms. The fourth-order valence-electron chi connectivity index (χ4n) is 0. The van der Waals surface area contributed by atoms with Crippen LogP contribution >= 0.6 is 0 Å². The molecule has 2 nitrogen and oxygen atoms in total. The van der Waals surface area contributed by atoms with Crippen molar-refractivity contribution in [3.05, 3.63) is 0 Å². The molecule has 0 saturated carbocycles. The van der Waals surface area contributed by atoms with Gasteiger partial charge in [-0.25, -0.2) is 4.21 Å². The summed E-state index contributed by atoms with van der Waals surface area (Å²) in [5, 5.41) is 0. The standard InChI is InChI=1S/C2H6.H2O2S2/c1-2;1-4(2)3/h1-2H3;4H,(H,1,2,3). The van der Waals surface area contributed by atoms with Crippen molar-refractivity contribution in [2.75, 3.05) is 0 Å². The quantitative estimate of drug-likeness (QED) is 0.464. The Morgan fingerprint density at radius 2 is 1.67 bits per heavy atom. The number of hydrogen-bond donors (Lipinski definition) is 2. The van der Waals surface area contributed by atoms with E-state index in [4.69, 9.17) is 8.76 Å². The molecule has 0 rings (SSSR count). The SMILES string of the molecule is CC.O=[SH](O)=S. The van der Waals surface area contributed by atoms with E-state index in [0.29, 0.717) is 0 Å². The van der Waals surface area contributed by atoms with E-state index in [0.717, 1.165) is 0 Å². The molecular weight excluding hydrogens is 120 g/mol. The second-order valence-corrected chi connectivity index (χ2v) is 1.65. The zero-order valence-corrected chi connectivity index (χ0v) is 5.42. The van der Waals surface area contributed by atoms with Crippen LogP contribution < -0.4 is 0 Å². The second-order valence-electron chi connectivity index (χ2n) is 0.238. The first-order valence-corrected chi connectivity index (χ1v) is 3.79. The third-order valence-electron chi connectivity index (χ3n) is 0. The zero-order chi connectivity index (χ0) is 5.58. The first-order valence-electron chi connectivity index (χ1n) is 1.57. The van der Waals surface area contributed by atoms with Crippen molar-refractivity contribution in [3.63, 3.8) is 0 Å². The van der Waals surface area contributed by atoms with Gasteiger partial charge in [-0.05, 0) is 0 Å². The van der Waals surface area contributed by atoms with Crippen LogP contribution in [0.25, 0.3) is 0 Å². The Bertz CT molecular complexity index is 57.9. The molecular formula is C2H8O2S2. The van der Waals surface area contributed by atoms with Gasteiger partial charge in [0, 0.05) is 11.2 Å². The molecule has 0 amide bonds. The average Bonchev–Trinajstić information content (AvgIpc) is 1.41. The van der Waals surface area contributed by atoms with Crippen LogP contribution in [0.3, 0.4) is 0 Å². The molecule has 0 aromatic carbocycles. The van der Waals surface area contributed by atoms with Crippen LogP contribution in [-0.4, -0.2) is 8.76 Å². The fraction of sp³-hybridized carbons (Fsp3) is 1.00. The maximum Gasteiger partial charge on any atom is 0.130 e. The van der Waals surface area contributed by atoms with Crippen LogP contribution in [0.1, 0.15) is 13.8 Å². The van der Waals surface area contributed by atoms with Gasteiger partial charge < -0.3 is 4.55 Å². The number of thiol groups is 1. The van der Waals surface area contributed by atoms with Crippen molar-refractivity contribution >= 4 is 20.8 Å². The summed E-state index contributed by atoms with van der Waals surface area (Å²) in [6, 6.07) is 0. The Hall–Kier alpha value is 0.330. The van der Waals surface area contributed by atoms with Crippen molar-refractivity contribution < 1.29 is 8.76 Å². The first kappa shape index (κ1) is 9.59. The molecule has 0 aliphatic heterocycles. The summed E-state index contributed by atoms with van der Waals surface area (Å²) in [5.41, 5.74) is 0. The van der Waals surface area contributed by atoms with E-state index in [1.165, 1.54) is 0 Å². The van der Waals surface area contributed by atoms with Crippen LogP contribution in [0.5, 0.6) is 0 Å². The Labute approximate surface area is 44.1 Å². The Kier molecular flexibility index (Phi) is 14.4. The average molecular weight is 128 g/mol. The molecule has 0 aromatic heterocycles. The molecule has 40 valence electrons. The minimum Gasteiger partial charge on any atom is -0.308 e. The summed E-state index contributed by atoms with van der Waals surface area (Å²) < 4.78 is 16.3. The van der Waals surface area contributed by atoms with Gasteiger partial charge >= 0.3 is 0 Å². The molecule has 0 bridgehead atoms. The van der Waals surface area contributed by atoms with Crippen LogP contribution in [0, 0.1) is 0 Å². The lowest BCUT2D eigenvalue weighted by molar-refractivity contribution is 0.583. The van der Waals surface area contributed by atoms with Gasteiger partial charge in [0.05, 0.1) is 0 Å². The zero-order valence-electron chi connectivity index (χ0n) is 3.71. The number of rotatable bonds is 0. The van der Waals surface area contributed by atoms with E-state index < -0.39 is 9.64 Å². The van der Waals surface area contributed by atoms with E-state index in [9.17, 15) is 0 Å². The molecule has 1 N–H and O–H groups in total. The molecule has 1 atom stereocenters. The summed E-state index contributed by atoms with van der Waals surface area (Å²) in [6.45, 7) is 4.00. The largest absolute Gasteiger partial charge is 0.308 e. The first-order chi connectivity index (χ1) is 2.73. The second kappa shape index (κ2) is 9.01. The maximum absolute atomic E-state index is 8.96. The Balaban J connectivity index is 0. The highest BCUT2D eigenvalue weighted by Crippen LogP contribution is 1.31. The monoisotopic (exact) mass is 128 g/mol. The van der Waals surface area contributed by atoms with Gasteiger partial charge in [-0.3, -0.25) is 0 Å². The van der Waals surface area contributed by atoms with E-state index in [-0.39, 0.29) is 0 Å². The predicted molar refractivity (Wildman–Crippen MR) is 30.9 cm³/mol. The lowest BCUT2D eigenvalue weighted by Gasteiger charge is -1.47. The van der Waals surface area contributed by atoms with E-state index in [2.05, 4.69) is 11.2 Å². The van der Waals surface area contributed by atoms with Gasteiger partial charge in [-0.2, -0.15) is 0 Å². The van der Waals surface area contributed by atoms with Gasteiger partial charge in [0.25, 0.3) is 0 Å². The molecule has 0 spiro atoms. The third kappa shape index (κ3) is 441. The van der Waals surface area contributed by atoms with Crippen molar-refractivity contribution in [1.82, 2.24) is 0 Å². The highest BCUT2D eigenvalue weighted by Gasteiger charge is 1.39. The summed E-state index contributed by atoms with van der Waals surface area (Å²) in [5.74, 6) is 0. The maximum atomic E-state index is 8.96. The normalized spacial score (nSPS) is 11.2. The molecule has 0 fully saturated rings. The van der Waals surface area contributed by atoms with Crippen molar-refractivity contribution in [2.45, 2.75) is 13.8 Å². The van der Waals surface area contributed by atoms with E-state index in [1.54, 1.807) is 0 Å². The summed E-state index contributed by atoms with van der Waals surface area (Å²) in [6.07, 6.45) is 0. The van der Waals surface area contributed by atoms with Gasteiger partial charge in [0.1, 0.15) is 9.64 Å². The fourth-order valence-corrected chi connectivity index (χ4v) is 0. The van der Waals surface area contributed by atoms with Gasteiger partial charge in [-0.15, -0.1) is 0 Å². The topological polar surface area (TPSA) is 37.3 Å². The predicted octanol–water partition coefficient (Wildman–Crippen LogP) is 0.428. The lowest BCUT2D eigenvalue weighted by atomic mass is 11.0. The molecule has 1 unspecified atom stereocenters. The van der Waals surface area contributed by atoms with Crippen LogP contribution in [0.2, 0.25) is 0 Å². The van der Waals surface area contributed by atoms with Crippen molar-refractivity contribution in [2.24, 2.45) is 0 Å². The molecule has 0 aromatic rings. The van der Waals surface area contributed by atoms with Crippen molar-refractivity contribution in [1.29, 1.82) is 0 Å². The summed E-state index contributed by atoms with van der Waals surface area (Å²) in [7, 11) is -2.29. The summed E-state index contributed by atoms with van der Waals surface area (Å²) in [4.78, 5) is 0. The molecule has 0 aliphatic rings. The number of hydrogen-bond acceptors (Lipinski definition) is 2. The van der Waals surface area contributed by atoms with Crippen LogP contribution in [0.15, 0.2) is 0 Å². The minimum absolute atomic E-state index is 2.00. The van der Waals surface area contributed by atoms with Gasteiger partial charge in [0.15, 0.2) is 0 Å². The highest BCUT2D eigenvalue weighted by atomic mass is 32.8. The van der Waals surface area contributed by atoms with E-state index in [1.807, 2.05) is 13.8 Å². The molecule has 0 radical (unpaired) electrons. The summed E-state index contributed by atoms with van der Waals surface area (Å²) >= 11 is 3.69. The third-order valence-corrected chi connectivity index (χ3v) is 0. The Morgan fingerprint density at radius 1 is 1.67 bits per heavy atom.